The second-order valence-corrected chi connectivity index (χ2v) is 5.48. The predicted octanol–water partition coefficient (Wildman–Crippen LogP) is 0.333. The van der Waals surface area contributed by atoms with Crippen LogP contribution in [-0.4, -0.2) is 53.1 Å². The number of benzene rings is 1. The number of aliphatic hydroxyl groups excluding tert-OH is 2. The summed E-state index contributed by atoms with van der Waals surface area (Å²) in [4.78, 5) is 16.4. The number of aromatic nitrogens is 1. The van der Waals surface area contributed by atoms with E-state index in [0.29, 0.717) is 12.2 Å². The van der Waals surface area contributed by atoms with Gasteiger partial charge in [-0.1, -0.05) is 6.07 Å². The number of ether oxygens (including phenoxy) is 1. The van der Waals surface area contributed by atoms with Gasteiger partial charge in [-0.15, -0.1) is 0 Å². The van der Waals surface area contributed by atoms with E-state index in [2.05, 4.69) is 10.3 Å². The molecule has 3 rings (SSSR count). The lowest BCUT2D eigenvalue weighted by Crippen LogP contribution is -2.48. The number of nitrogens with one attached hydrogen (secondary N) is 1. The Balaban J connectivity index is 1.65. The van der Waals surface area contributed by atoms with Crippen LogP contribution in [0.5, 0.6) is 0 Å². The highest BCUT2D eigenvalue weighted by Crippen LogP contribution is 2.16. The zero-order chi connectivity index (χ0) is 15.5. The number of carbonyl (C=O) groups excluding carboxylic acids is 1. The summed E-state index contributed by atoms with van der Waals surface area (Å²) in [6.07, 6.45) is -0.0741. The van der Waals surface area contributed by atoms with Gasteiger partial charge in [-0.25, -0.2) is 0 Å². The Morgan fingerprint density at radius 3 is 3.05 bits per heavy atom. The van der Waals surface area contributed by atoms with Crippen molar-refractivity contribution in [1.82, 2.24) is 10.3 Å². The third kappa shape index (κ3) is 3.09. The highest BCUT2D eigenvalue weighted by molar-refractivity contribution is 5.97. The van der Waals surface area contributed by atoms with Crippen LogP contribution in [0.25, 0.3) is 10.9 Å². The Morgan fingerprint density at radius 1 is 1.32 bits per heavy atom. The molecule has 22 heavy (non-hydrogen) atoms. The summed E-state index contributed by atoms with van der Waals surface area (Å²) in [6, 6.07) is 9.01. The van der Waals surface area contributed by atoms with E-state index in [0.717, 1.165) is 10.9 Å². The molecule has 0 unspecified atom stereocenters. The number of rotatable bonds is 3. The van der Waals surface area contributed by atoms with Gasteiger partial charge in [0.25, 0.3) is 5.91 Å². The molecule has 1 aromatic heterocycles. The Hall–Kier alpha value is -2.02. The lowest BCUT2D eigenvalue weighted by molar-refractivity contribution is -0.118. The zero-order valence-electron chi connectivity index (χ0n) is 12.0. The first-order chi connectivity index (χ1) is 10.6. The molecule has 1 saturated heterocycles. The maximum atomic E-state index is 12.2. The van der Waals surface area contributed by atoms with Gasteiger partial charge in [-0.05, 0) is 24.3 Å². The fourth-order valence-electron chi connectivity index (χ4n) is 2.57. The molecule has 1 aromatic carbocycles. The van der Waals surface area contributed by atoms with Gasteiger partial charge in [-0.2, -0.15) is 0 Å². The van der Waals surface area contributed by atoms with Gasteiger partial charge in [0.05, 0.1) is 24.8 Å². The molecule has 2 heterocycles. The van der Waals surface area contributed by atoms with E-state index in [1.807, 2.05) is 12.1 Å². The number of aliphatic hydroxyl groups is 2. The molecule has 0 bridgehead atoms. The number of fused-ring (bicyclic) bond motifs is 1. The van der Waals surface area contributed by atoms with E-state index in [4.69, 9.17) is 4.74 Å². The number of nitrogens with zero attached hydrogens (tertiary/aromatic N) is 1. The minimum Gasteiger partial charge on any atom is -0.390 e. The van der Waals surface area contributed by atoms with Crippen LogP contribution in [0.3, 0.4) is 0 Å². The summed E-state index contributed by atoms with van der Waals surface area (Å²) in [5.74, 6) is -0.534. The predicted molar refractivity (Wildman–Crippen MR) is 80.4 cm³/mol. The third-order valence-electron chi connectivity index (χ3n) is 3.89. The van der Waals surface area contributed by atoms with Gasteiger partial charge < -0.3 is 20.3 Å². The number of hydrogen-bond donors (Lipinski definition) is 3. The van der Waals surface area contributed by atoms with Crippen molar-refractivity contribution in [3.63, 3.8) is 0 Å². The zero-order valence-corrected chi connectivity index (χ0v) is 12.0. The molecule has 0 saturated carbocycles. The Kier molecular flexibility index (Phi) is 4.33. The fraction of sp³-hybridized carbons (Fsp3) is 0.375. The van der Waals surface area contributed by atoms with Crippen molar-refractivity contribution in [2.75, 3.05) is 19.8 Å². The fourth-order valence-corrected chi connectivity index (χ4v) is 2.57. The first-order valence-electron chi connectivity index (χ1n) is 7.22. The molecule has 3 N–H and O–H groups in total. The van der Waals surface area contributed by atoms with Gasteiger partial charge in [0.15, 0.2) is 0 Å². The van der Waals surface area contributed by atoms with Crippen LogP contribution >= 0.6 is 0 Å². The average Bonchev–Trinajstić information content (AvgIpc) is 2.55. The first kappa shape index (κ1) is 14.9. The van der Waals surface area contributed by atoms with Crippen LogP contribution in [0.2, 0.25) is 0 Å². The molecule has 0 spiro atoms. The lowest BCUT2D eigenvalue weighted by atomic mass is 9.96. The normalized spacial score (nSPS) is 25.1. The van der Waals surface area contributed by atoms with Gasteiger partial charge in [-0.3, -0.25) is 9.78 Å². The highest BCUT2D eigenvalue weighted by Gasteiger charge is 2.31. The monoisotopic (exact) mass is 302 g/mol. The molecule has 116 valence electrons. The Labute approximate surface area is 127 Å². The van der Waals surface area contributed by atoms with Crippen molar-refractivity contribution in [3.8, 4) is 0 Å². The van der Waals surface area contributed by atoms with Crippen LogP contribution in [0.1, 0.15) is 10.4 Å². The van der Waals surface area contributed by atoms with Crippen LogP contribution in [0.4, 0.5) is 0 Å². The summed E-state index contributed by atoms with van der Waals surface area (Å²) >= 11 is 0. The standard InChI is InChI=1S/C16H18N2O4/c19-14-9-22-8-12(15(14)20)7-18-16(21)11-3-4-13-10(6-11)2-1-5-17-13/h1-6,12,14-15,19-20H,7-9H2,(H,18,21)/t12-,14-,15+/m1/s1. The summed E-state index contributed by atoms with van der Waals surface area (Å²) < 4.78 is 5.19. The minimum atomic E-state index is -0.901. The molecule has 6 heteroatoms. The first-order valence-corrected chi connectivity index (χ1v) is 7.22. The molecule has 1 aliphatic heterocycles. The Morgan fingerprint density at radius 2 is 2.18 bits per heavy atom. The SMILES string of the molecule is O=C(NC[C@@H]1COC[C@@H](O)[C@H]1O)c1ccc2ncccc2c1. The Bertz CT molecular complexity index is 676. The summed E-state index contributed by atoms with van der Waals surface area (Å²) in [6.45, 7) is 0.700. The van der Waals surface area contributed by atoms with Crippen LogP contribution in [0.15, 0.2) is 36.5 Å². The molecule has 0 radical (unpaired) electrons. The summed E-state index contributed by atoms with van der Waals surface area (Å²) in [7, 11) is 0. The molecule has 2 aromatic rings. The van der Waals surface area contributed by atoms with Gasteiger partial charge >= 0.3 is 0 Å². The molecule has 3 atom stereocenters. The van der Waals surface area contributed by atoms with E-state index in [-0.39, 0.29) is 25.0 Å². The third-order valence-corrected chi connectivity index (χ3v) is 3.89. The van der Waals surface area contributed by atoms with Crippen molar-refractivity contribution in [2.45, 2.75) is 12.2 Å². The van der Waals surface area contributed by atoms with E-state index in [1.54, 1.807) is 24.4 Å². The number of amides is 1. The largest absolute Gasteiger partial charge is 0.390 e. The van der Waals surface area contributed by atoms with E-state index >= 15 is 0 Å². The maximum Gasteiger partial charge on any atom is 0.251 e. The topological polar surface area (TPSA) is 91.7 Å². The number of hydrogen-bond acceptors (Lipinski definition) is 5. The molecular formula is C16H18N2O4. The quantitative estimate of drug-likeness (QED) is 0.760. The van der Waals surface area contributed by atoms with Crippen molar-refractivity contribution < 1.29 is 19.7 Å². The van der Waals surface area contributed by atoms with Crippen molar-refractivity contribution >= 4 is 16.8 Å². The molecule has 1 aliphatic rings. The second-order valence-electron chi connectivity index (χ2n) is 5.48. The number of pyridine rings is 1. The van der Waals surface area contributed by atoms with Crippen LogP contribution in [0, 0.1) is 5.92 Å². The summed E-state index contributed by atoms with van der Waals surface area (Å²) in [5, 5.41) is 23.1. The molecule has 6 nitrogen and oxygen atoms in total. The molecule has 0 aliphatic carbocycles. The van der Waals surface area contributed by atoms with Crippen LogP contribution < -0.4 is 5.32 Å². The van der Waals surface area contributed by atoms with E-state index in [1.165, 1.54) is 0 Å². The van der Waals surface area contributed by atoms with Crippen molar-refractivity contribution in [2.24, 2.45) is 5.92 Å². The maximum absolute atomic E-state index is 12.2. The van der Waals surface area contributed by atoms with Gasteiger partial charge in [0, 0.05) is 29.6 Å². The number of carbonyl (C=O) groups is 1. The minimum absolute atomic E-state index is 0.128. The van der Waals surface area contributed by atoms with E-state index in [9.17, 15) is 15.0 Å². The molecular weight excluding hydrogens is 284 g/mol. The van der Waals surface area contributed by atoms with E-state index < -0.39 is 12.2 Å². The van der Waals surface area contributed by atoms with Gasteiger partial charge in [0.1, 0.15) is 6.10 Å². The van der Waals surface area contributed by atoms with Crippen LogP contribution in [-0.2, 0) is 4.74 Å². The molecule has 1 fully saturated rings. The molecule has 1 amide bonds. The van der Waals surface area contributed by atoms with Crippen molar-refractivity contribution in [3.05, 3.63) is 42.1 Å². The highest BCUT2D eigenvalue weighted by atomic mass is 16.5. The van der Waals surface area contributed by atoms with Gasteiger partial charge in [0.2, 0.25) is 0 Å². The van der Waals surface area contributed by atoms with Crippen molar-refractivity contribution in [1.29, 1.82) is 0 Å². The lowest BCUT2D eigenvalue weighted by Gasteiger charge is -2.31. The summed E-state index contributed by atoms with van der Waals surface area (Å²) in [5.41, 5.74) is 1.37. The second kappa shape index (κ2) is 6.39. The smallest absolute Gasteiger partial charge is 0.251 e. The average molecular weight is 302 g/mol.